The number of aromatic nitrogens is 1. The molecule has 3 heterocycles. The zero-order valence-electron chi connectivity index (χ0n) is 19.5. The number of ether oxygens (including phenoxy) is 2. The van der Waals surface area contributed by atoms with Crippen molar-refractivity contribution in [1.29, 1.82) is 0 Å². The number of fused-ring (bicyclic) bond motifs is 4. The molecular weight excluding hydrogens is 497 g/mol. The van der Waals surface area contributed by atoms with Crippen LogP contribution in [0.25, 0.3) is 5.69 Å². The lowest BCUT2D eigenvalue weighted by atomic mass is 9.86. The van der Waals surface area contributed by atoms with Gasteiger partial charge in [0, 0.05) is 37.8 Å². The molecule has 1 spiro atoms. The Morgan fingerprint density at radius 2 is 1.75 bits per heavy atom. The number of nitrogens with zero attached hydrogens (tertiary/aromatic N) is 2. The van der Waals surface area contributed by atoms with Crippen molar-refractivity contribution in [1.82, 2.24) is 9.47 Å². The normalized spacial score (nSPS) is 16.8. The maximum Gasteiger partial charge on any atom is 0.419 e. The van der Waals surface area contributed by atoms with Gasteiger partial charge < -0.3 is 14.4 Å². The number of piperidine rings is 1. The van der Waals surface area contributed by atoms with Crippen molar-refractivity contribution in [2.45, 2.75) is 29.6 Å². The van der Waals surface area contributed by atoms with Crippen LogP contribution in [0.5, 0.6) is 11.5 Å². The first-order valence-corrected chi connectivity index (χ1v) is 13.1. The second-order valence-electron chi connectivity index (χ2n) is 8.93. The molecule has 0 N–H and O–H groups in total. The van der Waals surface area contributed by atoms with Crippen LogP contribution < -0.4 is 9.47 Å². The number of para-hydroxylation sites is 2. The topological polar surface area (TPSA) is 77.8 Å². The number of amides is 1. The molecule has 2 aromatic carbocycles. The molecular formula is C25H23F3N2O5S. The van der Waals surface area contributed by atoms with Crippen molar-refractivity contribution in [3.8, 4) is 17.2 Å². The van der Waals surface area contributed by atoms with E-state index in [0.29, 0.717) is 30.0 Å². The summed E-state index contributed by atoms with van der Waals surface area (Å²) in [6, 6.07) is 13.7. The van der Waals surface area contributed by atoms with Crippen molar-refractivity contribution >= 4 is 15.7 Å². The Morgan fingerprint density at radius 1 is 1.06 bits per heavy atom. The third kappa shape index (κ3) is 3.91. The molecule has 2 aliphatic rings. The zero-order chi connectivity index (χ0) is 25.9. The van der Waals surface area contributed by atoms with E-state index in [2.05, 4.69) is 0 Å². The van der Waals surface area contributed by atoms with Crippen LogP contribution in [0.15, 0.2) is 59.6 Å². The predicted octanol–water partition coefficient (Wildman–Crippen LogP) is 4.43. The van der Waals surface area contributed by atoms with Crippen molar-refractivity contribution in [2.24, 2.45) is 0 Å². The van der Waals surface area contributed by atoms with Crippen LogP contribution in [0.1, 0.15) is 34.5 Å². The summed E-state index contributed by atoms with van der Waals surface area (Å²) in [4.78, 5) is 14.6. The summed E-state index contributed by atoms with van der Waals surface area (Å²) in [6.45, 7) is 0.432. The summed E-state index contributed by atoms with van der Waals surface area (Å²) in [7, 11) is -2.40. The van der Waals surface area contributed by atoms with Crippen molar-refractivity contribution < 1.29 is 35.9 Å². The molecule has 0 aliphatic carbocycles. The Labute approximate surface area is 206 Å². The van der Waals surface area contributed by atoms with Crippen LogP contribution in [0.4, 0.5) is 13.2 Å². The molecule has 1 aromatic heterocycles. The molecule has 0 bridgehead atoms. The van der Waals surface area contributed by atoms with Crippen LogP contribution in [0.2, 0.25) is 0 Å². The molecule has 190 valence electrons. The molecule has 7 nitrogen and oxygen atoms in total. The highest BCUT2D eigenvalue weighted by atomic mass is 32.2. The summed E-state index contributed by atoms with van der Waals surface area (Å²) in [5, 5.41) is 0.143. The number of methoxy groups -OCH3 is 1. The number of alkyl halides is 3. The van der Waals surface area contributed by atoms with Gasteiger partial charge in [-0.05, 0) is 42.5 Å². The van der Waals surface area contributed by atoms with Gasteiger partial charge in [0.25, 0.3) is 5.91 Å². The van der Waals surface area contributed by atoms with Gasteiger partial charge in [-0.2, -0.15) is 13.2 Å². The highest BCUT2D eigenvalue weighted by Crippen LogP contribution is 2.46. The quantitative estimate of drug-likeness (QED) is 0.511. The Hall–Kier alpha value is -3.47. The SMILES string of the molecule is COc1ccc(C(=O)N2CCC3(CC2)Oc2ccccc2-n2c3ccc2S(C)(=O)=O)cc1C(F)(F)F. The number of halogens is 3. The van der Waals surface area contributed by atoms with Crippen LogP contribution in [-0.2, 0) is 21.6 Å². The molecule has 36 heavy (non-hydrogen) atoms. The molecule has 0 radical (unpaired) electrons. The summed E-state index contributed by atoms with van der Waals surface area (Å²) >= 11 is 0. The molecule has 3 aromatic rings. The molecule has 1 saturated heterocycles. The van der Waals surface area contributed by atoms with Crippen LogP contribution >= 0.6 is 0 Å². The lowest BCUT2D eigenvalue weighted by Gasteiger charge is -2.45. The summed E-state index contributed by atoms with van der Waals surface area (Å²) < 4.78 is 78.2. The maximum absolute atomic E-state index is 13.4. The van der Waals surface area contributed by atoms with E-state index in [1.807, 2.05) is 0 Å². The first kappa shape index (κ1) is 24.2. The van der Waals surface area contributed by atoms with E-state index in [9.17, 15) is 26.4 Å². The number of likely N-dealkylation sites (tertiary alicyclic amines) is 1. The van der Waals surface area contributed by atoms with E-state index in [1.165, 1.54) is 11.0 Å². The van der Waals surface area contributed by atoms with Gasteiger partial charge in [0.15, 0.2) is 15.4 Å². The lowest BCUT2D eigenvalue weighted by Crippen LogP contribution is -2.50. The maximum atomic E-state index is 13.4. The van der Waals surface area contributed by atoms with Gasteiger partial charge in [-0.25, -0.2) is 8.42 Å². The minimum absolute atomic E-state index is 0.0864. The Bertz CT molecular complexity index is 1450. The molecule has 0 atom stereocenters. The molecule has 0 saturated carbocycles. The Kier molecular flexibility index (Phi) is 5.58. The molecule has 1 amide bonds. The van der Waals surface area contributed by atoms with E-state index >= 15 is 0 Å². The number of rotatable bonds is 3. The lowest BCUT2D eigenvalue weighted by molar-refractivity contribution is -0.138. The van der Waals surface area contributed by atoms with Gasteiger partial charge in [-0.15, -0.1) is 0 Å². The van der Waals surface area contributed by atoms with Crippen molar-refractivity contribution in [3.63, 3.8) is 0 Å². The van der Waals surface area contributed by atoms with Gasteiger partial charge in [0.1, 0.15) is 16.5 Å². The van der Waals surface area contributed by atoms with E-state index in [0.717, 1.165) is 25.5 Å². The van der Waals surface area contributed by atoms with Crippen molar-refractivity contribution in [2.75, 3.05) is 26.5 Å². The van der Waals surface area contributed by atoms with E-state index in [-0.39, 0.29) is 29.4 Å². The van der Waals surface area contributed by atoms with Gasteiger partial charge >= 0.3 is 6.18 Å². The third-order valence-corrected chi connectivity index (χ3v) is 7.79. The standard InChI is InChI=1S/C25H23F3N2O5S/c1-34-19-8-7-16(15-17(19)25(26,27)28)23(31)29-13-11-24(12-14-29)21-9-10-22(36(2,32)33)30(21)18-5-3-4-6-20(18)35-24/h3-10,15H,11-14H2,1-2H3. The fraction of sp³-hybridized carbons (Fsp3) is 0.320. The number of hydrogen-bond acceptors (Lipinski definition) is 5. The van der Waals surface area contributed by atoms with Gasteiger partial charge in [-0.1, -0.05) is 12.1 Å². The minimum atomic E-state index is -4.67. The van der Waals surface area contributed by atoms with Gasteiger partial charge in [-0.3, -0.25) is 9.36 Å². The summed E-state index contributed by atoms with van der Waals surface area (Å²) in [5.41, 5.74) is -0.706. The molecule has 0 unspecified atom stereocenters. The number of carbonyl (C=O) groups is 1. The van der Waals surface area contributed by atoms with Crippen LogP contribution in [-0.4, -0.2) is 50.2 Å². The number of carbonyl (C=O) groups excluding carboxylic acids is 1. The van der Waals surface area contributed by atoms with E-state index in [4.69, 9.17) is 9.47 Å². The average molecular weight is 521 g/mol. The fourth-order valence-corrected chi connectivity index (χ4v) is 5.82. The smallest absolute Gasteiger partial charge is 0.419 e. The predicted molar refractivity (Wildman–Crippen MR) is 124 cm³/mol. The molecule has 11 heteroatoms. The van der Waals surface area contributed by atoms with E-state index in [1.54, 1.807) is 41.0 Å². The summed E-state index contributed by atoms with van der Waals surface area (Å²) in [5.74, 6) is -0.356. The summed E-state index contributed by atoms with van der Waals surface area (Å²) in [6.07, 6.45) is -2.85. The number of benzene rings is 2. The monoisotopic (exact) mass is 520 g/mol. The number of hydrogen-bond donors (Lipinski definition) is 0. The average Bonchev–Trinajstić information content (AvgIpc) is 3.31. The Morgan fingerprint density at radius 3 is 2.39 bits per heavy atom. The van der Waals surface area contributed by atoms with Gasteiger partial charge in [0.2, 0.25) is 0 Å². The third-order valence-electron chi connectivity index (χ3n) is 6.71. The van der Waals surface area contributed by atoms with Crippen LogP contribution in [0, 0.1) is 0 Å². The first-order chi connectivity index (χ1) is 16.9. The molecule has 1 fully saturated rings. The van der Waals surface area contributed by atoms with E-state index < -0.39 is 33.1 Å². The fourth-order valence-electron chi connectivity index (χ4n) is 4.98. The molecule has 2 aliphatic heterocycles. The second-order valence-corrected chi connectivity index (χ2v) is 10.9. The van der Waals surface area contributed by atoms with Crippen molar-refractivity contribution in [3.05, 3.63) is 71.4 Å². The highest BCUT2D eigenvalue weighted by molar-refractivity contribution is 7.90. The van der Waals surface area contributed by atoms with Gasteiger partial charge in [0.05, 0.1) is 24.1 Å². The largest absolute Gasteiger partial charge is 0.496 e. The second kappa shape index (κ2) is 8.29. The molecule has 5 rings (SSSR count). The van der Waals surface area contributed by atoms with Crippen LogP contribution in [0.3, 0.4) is 0 Å². The number of sulfone groups is 1. The Balaban J connectivity index is 1.45. The minimum Gasteiger partial charge on any atom is -0.496 e. The zero-order valence-corrected chi connectivity index (χ0v) is 20.3. The first-order valence-electron chi connectivity index (χ1n) is 11.2. The highest BCUT2D eigenvalue weighted by Gasteiger charge is 2.46.